The number of aromatic nitrogens is 1. The summed E-state index contributed by atoms with van der Waals surface area (Å²) in [5.41, 5.74) is 5.54. The number of nitrogens with zero attached hydrogens (tertiary/aromatic N) is 1. The highest BCUT2D eigenvalue weighted by molar-refractivity contribution is 7.15. The van der Waals surface area contributed by atoms with Crippen LogP contribution in [0.25, 0.3) is 0 Å². The molecule has 1 saturated carbocycles. The molecule has 1 aliphatic rings. The van der Waals surface area contributed by atoms with Crippen LogP contribution in [-0.2, 0) is 6.54 Å². The van der Waals surface area contributed by atoms with Gasteiger partial charge in [-0.05, 0) is 12.8 Å². The molecule has 1 fully saturated rings. The lowest BCUT2D eigenvalue weighted by Crippen LogP contribution is -2.21. The first-order chi connectivity index (χ1) is 6.88. The maximum Gasteiger partial charge on any atom is 0.183 e. The highest BCUT2D eigenvalue weighted by atomic mass is 32.1. The molecule has 4 heteroatoms. The Labute approximate surface area is 88.7 Å². The molecule has 78 valence electrons. The van der Waals surface area contributed by atoms with Crippen LogP contribution in [0.5, 0.6) is 0 Å². The molecular weight excluding hydrogens is 194 g/mol. The van der Waals surface area contributed by atoms with Gasteiger partial charge in [-0.15, -0.1) is 11.3 Å². The lowest BCUT2D eigenvalue weighted by Gasteiger charge is -2.22. The van der Waals surface area contributed by atoms with Crippen LogP contribution in [0.1, 0.15) is 37.0 Å². The zero-order valence-electron chi connectivity index (χ0n) is 8.33. The second-order valence-electron chi connectivity index (χ2n) is 3.82. The molecule has 3 nitrogen and oxygen atoms in total. The van der Waals surface area contributed by atoms with E-state index in [0.29, 0.717) is 12.6 Å². The fourth-order valence-electron chi connectivity index (χ4n) is 1.89. The van der Waals surface area contributed by atoms with E-state index in [0.717, 1.165) is 10.0 Å². The molecule has 0 bridgehead atoms. The summed E-state index contributed by atoms with van der Waals surface area (Å²) in [7, 11) is 0. The van der Waals surface area contributed by atoms with Crippen LogP contribution in [-0.4, -0.2) is 11.0 Å². The number of nitrogens with one attached hydrogen (secondary N) is 1. The Kier molecular flexibility index (Phi) is 3.37. The third-order valence-corrected chi connectivity index (χ3v) is 3.64. The minimum atomic E-state index is 0.601. The molecule has 0 radical (unpaired) electrons. The summed E-state index contributed by atoms with van der Waals surface area (Å²) in [5.74, 6) is 0. The lowest BCUT2D eigenvalue weighted by molar-refractivity contribution is 0.462. The predicted octanol–water partition coefficient (Wildman–Crippen LogP) is 2.35. The van der Waals surface area contributed by atoms with E-state index in [1.54, 1.807) is 11.3 Å². The van der Waals surface area contributed by atoms with Crippen molar-refractivity contribution in [3.63, 3.8) is 0 Å². The Morgan fingerprint density at radius 3 is 2.86 bits per heavy atom. The van der Waals surface area contributed by atoms with Gasteiger partial charge < -0.3 is 11.1 Å². The van der Waals surface area contributed by atoms with Crippen LogP contribution in [0.3, 0.4) is 0 Å². The molecule has 2 rings (SSSR count). The van der Waals surface area contributed by atoms with E-state index in [1.807, 2.05) is 6.20 Å². The summed E-state index contributed by atoms with van der Waals surface area (Å²) in [6.45, 7) is 0.601. The van der Waals surface area contributed by atoms with Crippen molar-refractivity contribution >= 4 is 16.5 Å². The molecule has 1 aliphatic carbocycles. The van der Waals surface area contributed by atoms with Crippen LogP contribution in [0.4, 0.5) is 5.13 Å². The van der Waals surface area contributed by atoms with Gasteiger partial charge in [-0.2, -0.15) is 0 Å². The van der Waals surface area contributed by atoms with E-state index >= 15 is 0 Å². The summed E-state index contributed by atoms with van der Waals surface area (Å²) >= 11 is 1.68. The largest absolute Gasteiger partial charge is 0.359 e. The smallest absolute Gasteiger partial charge is 0.183 e. The standard InChI is InChI=1S/C10H17N3S/c11-6-9-7-12-10(14-9)13-8-4-2-1-3-5-8/h7-8H,1-6,11H2,(H,12,13). The van der Waals surface area contributed by atoms with Crippen LogP contribution in [0.2, 0.25) is 0 Å². The average Bonchev–Trinajstić information content (AvgIpc) is 2.67. The lowest BCUT2D eigenvalue weighted by atomic mass is 9.96. The summed E-state index contributed by atoms with van der Waals surface area (Å²) in [4.78, 5) is 5.46. The quantitative estimate of drug-likeness (QED) is 0.807. The molecule has 0 amide bonds. The number of thiazole rings is 1. The van der Waals surface area contributed by atoms with Crippen LogP contribution >= 0.6 is 11.3 Å². The topological polar surface area (TPSA) is 50.9 Å². The first-order valence-corrected chi connectivity index (χ1v) is 6.11. The Balaban J connectivity index is 1.89. The van der Waals surface area contributed by atoms with E-state index in [9.17, 15) is 0 Å². The SMILES string of the molecule is NCc1cnc(NC2CCCCC2)s1. The zero-order chi connectivity index (χ0) is 9.80. The minimum Gasteiger partial charge on any atom is -0.359 e. The molecule has 0 spiro atoms. The van der Waals surface area contributed by atoms with Gasteiger partial charge in [-0.1, -0.05) is 19.3 Å². The third kappa shape index (κ3) is 2.45. The molecule has 3 N–H and O–H groups in total. The molecule has 0 saturated heterocycles. The minimum absolute atomic E-state index is 0.601. The number of hydrogen-bond donors (Lipinski definition) is 2. The van der Waals surface area contributed by atoms with Crippen molar-refractivity contribution in [2.75, 3.05) is 5.32 Å². The van der Waals surface area contributed by atoms with Crippen molar-refractivity contribution in [1.82, 2.24) is 4.98 Å². The number of hydrogen-bond acceptors (Lipinski definition) is 4. The molecule has 0 aromatic carbocycles. The van der Waals surface area contributed by atoms with Crippen molar-refractivity contribution in [3.8, 4) is 0 Å². The highest BCUT2D eigenvalue weighted by Gasteiger charge is 2.13. The third-order valence-electron chi connectivity index (χ3n) is 2.69. The molecule has 0 aliphatic heterocycles. The van der Waals surface area contributed by atoms with E-state index in [4.69, 9.17) is 5.73 Å². The Bertz CT molecular complexity index is 279. The first-order valence-electron chi connectivity index (χ1n) is 5.30. The van der Waals surface area contributed by atoms with Gasteiger partial charge in [0.25, 0.3) is 0 Å². The molecule has 0 unspecified atom stereocenters. The Hall–Kier alpha value is -0.610. The summed E-state index contributed by atoms with van der Waals surface area (Å²) < 4.78 is 0. The maximum absolute atomic E-state index is 5.54. The summed E-state index contributed by atoms with van der Waals surface area (Å²) in [6.07, 6.45) is 8.55. The molecule has 0 atom stereocenters. The van der Waals surface area contributed by atoms with Gasteiger partial charge in [-0.3, -0.25) is 0 Å². The van der Waals surface area contributed by atoms with Crippen molar-refractivity contribution in [2.45, 2.75) is 44.7 Å². The van der Waals surface area contributed by atoms with E-state index in [1.165, 1.54) is 32.1 Å². The Morgan fingerprint density at radius 1 is 1.43 bits per heavy atom. The van der Waals surface area contributed by atoms with Gasteiger partial charge in [-0.25, -0.2) is 4.98 Å². The normalized spacial score (nSPS) is 18.4. The van der Waals surface area contributed by atoms with Gasteiger partial charge in [0.15, 0.2) is 5.13 Å². The summed E-state index contributed by atoms with van der Waals surface area (Å²) in [6, 6.07) is 0.639. The number of rotatable bonds is 3. The van der Waals surface area contributed by atoms with Gasteiger partial charge in [0, 0.05) is 23.7 Å². The molecule has 1 aromatic heterocycles. The molecular formula is C10H17N3S. The van der Waals surface area contributed by atoms with E-state index in [2.05, 4.69) is 10.3 Å². The predicted molar refractivity (Wildman–Crippen MR) is 60.5 cm³/mol. The van der Waals surface area contributed by atoms with Crippen molar-refractivity contribution < 1.29 is 0 Å². The van der Waals surface area contributed by atoms with Gasteiger partial charge in [0.05, 0.1) is 0 Å². The van der Waals surface area contributed by atoms with Crippen LogP contribution in [0, 0.1) is 0 Å². The van der Waals surface area contributed by atoms with E-state index in [-0.39, 0.29) is 0 Å². The maximum atomic E-state index is 5.54. The fourth-order valence-corrected chi connectivity index (χ4v) is 2.66. The average molecular weight is 211 g/mol. The molecule has 1 heterocycles. The van der Waals surface area contributed by atoms with Gasteiger partial charge >= 0.3 is 0 Å². The van der Waals surface area contributed by atoms with Crippen LogP contribution < -0.4 is 11.1 Å². The number of nitrogens with two attached hydrogens (primary N) is 1. The van der Waals surface area contributed by atoms with Gasteiger partial charge in [0.1, 0.15) is 0 Å². The highest BCUT2D eigenvalue weighted by Crippen LogP contribution is 2.24. The first kappa shape index (κ1) is 9.93. The zero-order valence-corrected chi connectivity index (χ0v) is 9.15. The summed E-state index contributed by atoms with van der Waals surface area (Å²) in [5, 5.41) is 4.53. The van der Waals surface area contributed by atoms with E-state index < -0.39 is 0 Å². The second-order valence-corrected chi connectivity index (χ2v) is 4.93. The number of anilines is 1. The molecule has 1 aromatic rings. The van der Waals surface area contributed by atoms with Gasteiger partial charge in [0.2, 0.25) is 0 Å². The Morgan fingerprint density at radius 2 is 2.21 bits per heavy atom. The van der Waals surface area contributed by atoms with Crippen molar-refractivity contribution in [3.05, 3.63) is 11.1 Å². The monoisotopic (exact) mass is 211 g/mol. The fraction of sp³-hybridized carbons (Fsp3) is 0.700. The molecule has 14 heavy (non-hydrogen) atoms. The van der Waals surface area contributed by atoms with Crippen LogP contribution in [0.15, 0.2) is 6.20 Å². The second kappa shape index (κ2) is 4.75. The van der Waals surface area contributed by atoms with Crippen molar-refractivity contribution in [1.29, 1.82) is 0 Å². The van der Waals surface area contributed by atoms with Crippen molar-refractivity contribution in [2.24, 2.45) is 5.73 Å².